The molecule has 4 N–H and O–H groups in total. The van der Waals surface area contributed by atoms with E-state index in [1.165, 1.54) is 0 Å². The average molecular weight is 263 g/mol. The first-order chi connectivity index (χ1) is 8.95. The minimum Gasteiger partial charge on any atom is -0.376 e. The Morgan fingerprint density at radius 3 is 2.47 bits per heavy atom. The number of nitrogens with two attached hydrogens (primary N) is 1. The Labute approximate surface area is 115 Å². The Morgan fingerprint density at radius 2 is 1.95 bits per heavy atom. The fourth-order valence-electron chi connectivity index (χ4n) is 2.21. The largest absolute Gasteiger partial charge is 0.376 e. The molecule has 1 unspecified atom stereocenters. The van der Waals surface area contributed by atoms with Gasteiger partial charge in [0, 0.05) is 17.8 Å². The van der Waals surface area contributed by atoms with Crippen LogP contribution < -0.4 is 16.4 Å². The minimum absolute atomic E-state index is 0.0301. The fourth-order valence-corrected chi connectivity index (χ4v) is 2.21. The van der Waals surface area contributed by atoms with E-state index in [0.29, 0.717) is 12.5 Å². The van der Waals surface area contributed by atoms with Gasteiger partial charge in [-0.2, -0.15) is 0 Å². The molecule has 1 rings (SSSR count). The standard InChI is InChI=1S/C15H25N3O/c1-12(2)9-15(3,11-16)18-14(19)10-17-13-7-5-4-6-8-13/h4-8,12,17H,9-11,16H2,1-3H3,(H,18,19). The molecule has 4 heteroatoms. The SMILES string of the molecule is CC(C)CC(C)(CN)NC(=O)CNc1ccccc1. The van der Waals surface area contributed by atoms with E-state index in [4.69, 9.17) is 5.73 Å². The molecule has 1 atom stereocenters. The summed E-state index contributed by atoms with van der Waals surface area (Å²) in [6.45, 7) is 6.96. The molecule has 0 radical (unpaired) electrons. The highest BCUT2D eigenvalue weighted by Gasteiger charge is 2.25. The molecule has 1 aromatic rings. The third-order valence-corrected chi connectivity index (χ3v) is 2.98. The normalized spacial score (nSPS) is 13.9. The molecule has 0 aliphatic rings. The van der Waals surface area contributed by atoms with Gasteiger partial charge in [-0.05, 0) is 31.4 Å². The maximum Gasteiger partial charge on any atom is 0.239 e. The lowest BCUT2D eigenvalue weighted by Crippen LogP contribution is -2.53. The summed E-state index contributed by atoms with van der Waals surface area (Å²) in [5, 5.41) is 6.11. The van der Waals surface area contributed by atoms with Crippen molar-refractivity contribution in [2.75, 3.05) is 18.4 Å². The van der Waals surface area contributed by atoms with Gasteiger partial charge in [0.1, 0.15) is 0 Å². The molecule has 1 amide bonds. The average Bonchev–Trinajstić information content (AvgIpc) is 2.36. The lowest BCUT2D eigenvalue weighted by molar-refractivity contribution is -0.121. The van der Waals surface area contributed by atoms with Crippen molar-refractivity contribution in [3.8, 4) is 0 Å². The molecule has 0 bridgehead atoms. The first-order valence-corrected chi connectivity index (χ1v) is 6.75. The van der Waals surface area contributed by atoms with Crippen LogP contribution in [0.15, 0.2) is 30.3 Å². The molecule has 1 aromatic carbocycles. The van der Waals surface area contributed by atoms with Gasteiger partial charge < -0.3 is 16.4 Å². The van der Waals surface area contributed by atoms with Crippen LogP contribution in [0.5, 0.6) is 0 Å². The van der Waals surface area contributed by atoms with Gasteiger partial charge in [-0.25, -0.2) is 0 Å². The molecule has 19 heavy (non-hydrogen) atoms. The van der Waals surface area contributed by atoms with E-state index >= 15 is 0 Å². The van der Waals surface area contributed by atoms with Crippen LogP contribution in [0.25, 0.3) is 0 Å². The predicted octanol–water partition coefficient (Wildman–Crippen LogP) is 1.98. The number of carbonyl (C=O) groups is 1. The van der Waals surface area contributed by atoms with Crippen molar-refractivity contribution in [3.63, 3.8) is 0 Å². The summed E-state index contributed by atoms with van der Waals surface area (Å²) in [5.74, 6) is 0.466. The summed E-state index contributed by atoms with van der Waals surface area (Å²) >= 11 is 0. The van der Waals surface area contributed by atoms with Gasteiger partial charge in [-0.15, -0.1) is 0 Å². The lowest BCUT2D eigenvalue weighted by Gasteiger charge is -2.31. The smallest absolute Gasteiger partial charge is 0.239 e. The quantitative estimate of drug-likeness (QED) is 0.704. The van der Waals surface area contributed by atoms with Crippen molar-refractivity contribution in [1.29, 1.82) is 0 Å². The fraction of sp³-hybridized carbons (Fsp3) is 0.533. The van der Waals surface area contributed by atoms with Crippen LogP contribution in [0.3, 0.4) is 0 Å². The Bertz CT molecular complexity index is 392. The molecule has 0 spiro atoms. The molecular weight excluding hydrogens is 238 g/mol. The Morgan fingerprint density at radius 1 is 1.32 bits per heavy atom. The van der Waals surface area contributed by atoms with E-state index in [1.54, 1.807) is 0 Å². The number of para-hydroxylation sites is 1. The van der Waals surface area contributed by atoms with E-state index < -0.39 is 0 Å². The van der Waals surface area contributed by atoms with Gasteiger partial charge in [-0.1, -0.05) is 32.0 Å². The van der Waals surface area contributed by atoms with Crippen LogP contribution in [0.1, 0.15) is 27.2 Å². The molecule has 0 heterocycles. The van der Waals surface area contributed by atoms with Crippen molar-refractivity contribution >= 4 is 11.6 Å². The number of amides is 1. The van der Waals surface area contributed by atoms with E-state index in [2.05, 4.69) is 24.5 Å². The predicted molar refractivity (Wildman–Crippen MR) is 80.0 cm³/mol. The molecule has 106 valence electrons. The Balaban J connectivity index is 2.45. The van der Waals surface area contributed by atoms with Crippen molar-refractivity contribution in [2.24, 2.45) is 11.7 Å². The first kappa shape index (κ1) is 15.5. The van der Waals surface area contributed by atoms with Gasteiger partial charge >= 0.3 is 0 Å². The third-order valence-electron chi connectivity index (χ3n) is 2.98. The zero-order chi connectivity index (χ0) is 14.3. The van der Waals surface area contributed by atoms with E-state index in [-0.39, 0.29) is 18.0 Å². The number of benzene rings is 1. The number of hydrogen-bond donors (Lipinski definition) is 3. The summed E-state index contributed by atoms with van der Waals surface area (Å²) in [6, 6.07) is 9.68. The summed E-state index contributed by atoms with van der Waals surface area (Å²) in [5.41, 5.74) is 6.39. The second kappa shape index (κ2) is 7.14. The molecule has 0 aromatic heterocycles. The minimum atomic E-state index is -0.330. The summed E-state index contributed by atoms with van der Waals surface area (Å²) in [4.78, 5) is 11.9. The zero-order valence-electron chi connectivity index (χ0n) is 12.1. The topological polar surface area (TPSA) is 67.1 Å². The van der Waals surface area contributed by atoms with Crippen LogP contribution in [0, 0.1) is 5.92 Å². The van der Waals surface area contributed by atoms with Gasteiger partial charge in [0.25, 0.3) is 0 Å². The van der Waals surface area contributed by atoms with Gasteiger partial charge in [0.2, 0.25) is 5.91 Å². The number of nitrogens with one attached hydrogen (secondary N) is 2. The van der Waals surface area contributed by atoms with E-state index in [1.807, 2.05) is 37.3 Å². The Kier molecular flexibility index (Phi) is 5.83. The monoisotopic (exact) mass is 263 g/mol. The molecule has 0 aliphatic carbocycles. The van der Waals surface area contributed by atoms with Crippen LogP contribution in [0.2, 0.25) is 0 Å². The highest BCUT2D eigenvalue weighted by Crippen LogP contribution is 2.15. The van der Waals surface area contributed by atoms with E-state index in [9.17, 15) is 4.79 Å². The molecule has 0 saturated heterocycles. The van der Waals surface area contributed by atoms with Gasteiger partial charge in [0.05, 0.1) is 6.54 Å². The van der Waals surface area contributed by atoms with Crippen molar-refractivity contribution < 1.29 is 4.79 Å². The molecule has 0 saturated carbocycles. The second-order valence-corrected chi connectivity index (χ2v) is 5.63. The summed E-state index contributed by atoms with van der Waals surface area (Å²) < 4.78 is 0. The molecule has 4 nitrogen and oxygen atoms in total. The van der Waals surface area contributed by atoms with Gasteiger partial charge in [0.15, 0.2) is 0 Å². The van der Waals surface area contributed by atoms with Crippen LogP contribution in [0.4, 0.5) is 5.69 Å². The zero-order valence-corrected chi connectivity index (χ0v) is 12.1. The first-order valence-electron chi connectivity index (χ1n) is 6.75. The molecule has 0 fully saturated rings. The van der Waals surface area contributed by atoms with Gasteiger partial charge in [-0.3, -0.25) is 4.79 Å². The summed E-state index contributed by atoms with van der Waals surface area (Å²) in [7, 11) is 0. The molecule has 0 aliphatic heterocycles. The van der Waals surface area contributed by atoms with Crippen LogP contribution >= 0.6 is 0 Å². The van der Waals surface area contributed by atoms with E-state index in [0.717, 1.165) is 12.1 Å². The lowest BCUT2D eigenvalue weighted by atomic mass is 9.91. The van der Waals surface area contributed by atoms with Crippen LogP contribution in [-0.2, 0) is 4.79 Å². The number of hydrogen-bond acceptors (Lipinski definition) is 3. The summed E-state index contributed by atoms with van der Waals surface area (Å²) in [6.07, 6.45) is 0.876. The number of carbonyl (C=O) groups excluding carboxylic acids is 1. The Hall–Kier alpha value is -1.55. The number of rotatable bonds is 7. The maximum absolute atomic E-state index is 11.9. The highest BCUT2D eigenvalue weighted by molar-refractivity contribution is 5.81. The third kappa shape index (κ3) is 5.75. The van der Waals surface area contributed by atoms with Crippen molar-refractivity contribution in [2.45, 2.75) is 32.7 Å². The van der Waals surface area contributed by atoms with Crippen LogP contribution in [-0.4, -0.2) is 24.5 Å². The van der Waals surface area contributed by atoms with Crippen molar-refractivity contribution in [1.82, 2.24) is 5.32 Å². The molecular formula is C15H25N3O. The second-order valence-electron chi connectivity index (χ2n) is 5.63. The number of anilines is 1. The maximum atomic E-state index is 11.9. The highest BCUT2D eigenvalue weighted by atomic mass is 16.2. The van der Waals surface area contributed by atoms with Crippen molar-refractivity contribution in [3.05, 3.63) is 30.3 Å².